The van der Waals surface area contributed by atoms with Gasteiger partial charge in [0.15, 0.2) is 5.96 Å². The summed E-state index contributed by atoms with van der Waals surface area (Å²) in [5.41, 5.74) is 19.0. The number of aliphatic imine (C=N–C) groups is 1. The lowest BCUT2D eigenvalue weighted by atomic mass is 10.1. The van der Waals surface area contributed by atoms with Crippen LogP contribution in [0, 0.1) is 5.41 Å². The first-order valence-electron chi connectivity index (χ1n) is 12.2. The third kappa shape index (κ3) is 6.91. The Balaban J connectivity index is 1.39. The number of amides is 3. The second kappa shape index (κ2) is 11.8. The molecule has 0 saturated carbocycles. The number of nitrogens with one attached hydrogen (secondary N) is 6. The third-order valence-corrected chi connectivity index (χ3v) is 5.85. The van der Waals surface area contributed by atoms with Crippen LogP contribution in [-0.4, -0.2) is 59.1 Å². The van der Waals surface area contributed by atoms with Crippen LogP contribution in [0.25, 0.3) is 21.8 Å². The van der Waals surface area contributed by atoms with E-state index in [9.17, 15) is 14.4 Å². The number of rotatable bonds is 11. The molecule has 2 heterocycles. The summed E-state index contributed by atoms with van der Waals surface area (Å²) in [6.07, 6.45) is 1.01. The number of hydrogen-bond donors (Lipinski definition) is 9. The number of carbonyl (C=O) groups excluding carboxylic acids is 3. The quantitative estimate of drug-likeness (QED) is 0.0788. The van der Waals surface area contributed by atoms with E-state index in [1.54, 1.807) is 48.5 Å². The number of aromatic amines is 2. The molecule has 4 aromatic rings. The fourth-order valence-electron chi connectivity index (χ4n) is 3.95. The van der Waals surface area contributed by atoms with E-state index in [1.807, 2.05) is 0 Å². The molecule has 0 radical (unpaired) electrons. The molecule has 0 fully saturated rings. The first-order valence-corrected chi connectivity index (χ1v) is 12.2. The summed E-state index contributed by atoms with van der Waals surface area (Å²) < 4.78 is 0. The van der Waals surface area contributed by atoms with Crippen LogP contribution >= 0.6 is 0 Å². The molecule has 202 valence electrons. The summed E-state index contributed by atoms with van der Waals surface area (Å²) in [6.45, 7) is 0.967. The van der Waals surface area contributed by atoms with Crippen LogP contribution in [0.5, 0.6) is 0 Å². The maximum Gasteiger partial charge on any atom is 0.272 e. The van der Waals surface area contributed by atoms with Gasteiger partial charge in [0.1, 0.15) is 11.4 Å². The van der Waals surface area contributed by atoms with E-state index in [1.165, 1.54) is 0 Å². The normalized spacial score (nSPS) is 10.8. The summed E-state index contributed by atoms with van der Waals surface area (Å²) in [7, 11) is 0. The van der Waals surface area contributed by atoms with Crippen LogP contribution in [0.1, 0.15) is 44.2 Å². The van der Waals surface area contributed by atoms with Gasteiger partial charge in [-0.3, -0.25) is 24.8 Å². The van der Waals surface area contributed by atoms with E-state index in [4.69, 9.17) is 22.6 Å². The molecule has 0 spiro atoms. The lowest BCUT2D eigenvalue weighted by Crippen LogP contribution is -2.28. The van der Waals surface area contributed by atoms with Crippen molar-refractivity contribution in [1.29, 1.82) is 5.41 Å². The minimum Gasteiger partial charge on any atom is -0.388 e. The minimum absolute atomic E-state index is 0.0394. The lowest BCUT2D eigenvalue weighted by molar-refractivity contribution is 0.0943. The van der Waals surface area contributed by atoms with E-state index >= 15 is 0 Å². The molecule has 0 aliphatic heterocycles. The van der Waals surface area contributed by atoms with Crippen molar-refractivity contribution in [1.82, 2.24) is 20.6 Å². The number of carbonyl (C=O) groups is 3. The highest BCUT2D eigenvalue weighted by Gasteiger charge is 2.14. The van der Waals surface area contributed by atoms with Gasteiger partial charge in [0, 0.05) is 52.6 Å². The first kappa shape index (κ1) is 26.7. The Labute approximate surface area is 223 Å². The number of nitrogens with two attached hydrogens (primary N) is 3. The Hall–Kier alpha value is -5.33. The lowest BCUT2D eigenvalue weighted by Gasteiger charge is -2.04. The standard InChI is InChI=1S/C26H30N10O3/c27-22(28)2-1-7-31-24(38)20-11-14-3-5-17(13-19(14)36-20)34-25(39)21-12-16-10-15(4-6-18(16)35-21)23(37)32-8-9-33-26(29)30/h3-6,10-13,35-36H,1-2,7-9H2,(H3,27,28)(H,31,38)(H,32,37)(H,34,39)(H4,29,30,33). The van der Waals surface area contributed by atoms with Gasteiger partial charge in [0.2, 0.25) is 0 Å². The van der Waals surface area contributed by atoms with E-state index in [0.29, 0.717) is 58.4 Å². The molecule has 0 bridgehead atoms. The Morgan fingerprint density at radius 3 is 2.28 bits per heavy atom. The van der Waals surface area contributed by atoms with Crippen molar-refractivity contribution in [2.45, 2.75) is 12.8 Å². The number of fused-ring (bicyclic) bond motifs is 2. The fourth-order valence-corrected chi connectivity index (χ4v) is 3.95. The predicted molar refractivity (Wildman–Crippen MR) is 151 cm³/mol. The first-order chi connectivity index (χ1) is 18.7. The van der Waals surface area contributed by atoms with Gasteiger partial charge in [0.05, 0.1) is 12.4 Å². The average molecular weight is 531 g/mol. The molecule has 0 aliphatic carbocycles. The summed E-state index contributed by atoms with van der Waals surface area (Å²) in [5, 5.41) is 17.1. The number of nitrogens with zero attached hydrogens (tertiary/aromatic N) is 1. The molecule has 0 aliphatic rings. The topological polar surface area (TPSA) is 233 Å². The van der Waals surface area contributed by atoms with Crippen molar-refractivity contribution < 1.29 is 14.4 Å². The van der Waals surface area contributed by atoms with Crippen LogP contribution in [0.2, 0.25) is 0 Å². The van der Waals surface area contributed by atoms with Crippen LogP contribution in [0.3, 0.4) is 0 Å². The Kier molecular flexibility index (Phi) is 8.09. The number of guanidine groups is 1. The maximum atomic E-state index is 12.9. The molecule has 2 aromatic carbocycles. The Morgan fingerprint density at radius 1 is 0.795 bits per heavy atom. The third-order valence-electron chi connectivity index (χ3n) is 5.85. The second-order valence-corrected chi connectivity index (χ2v) is 8.87. The van der Waals surface area contributed by atoms with Gasteiger partial charge in [-0.2, -0.15) is 0 Å². The van der Waals surface area contributed by atoms with Crippen LogP contribution in [-0.2, 0) is 0 Å². The molecular formula is C26H30N10O3. The van der Waals surface area contributed by atoms with Gasteiger partial charge in [-0.1, -0.05) is 6.07 Å². The summed E-state index contributed by atoms with van der Waals surface area (Å²) >= 11 is 0. The van der Waals surface area contributed by atoms with E-state index in [0.717, 1.165) is 5.39 Å². The van der Waals surface area contributed by atoms with Crippen molar-refractivity contribution in [3.8, 4) is 0 Å². The van der Waals surface area contributed by atoms with Gasteiger partial charge in [-0.15, -0.1) is 0 Å². The Morgan fingerprint density at radius 2 is 1.51 bits per heavy atom. The molecule has 2 aromatic heterocycles. The number of anilines is 1. The maximum absolute atomic E-state index is 12.9. The van der Waals surface area contributed by atoms with Crippen LogP contribution in [0.15, 0.2) is 53.5 Å². The monoisotopic (exact) mass is 530 g/mol. The number of H-pyrrole nitrogens is 2. The van der Waals surface area contributed by atoms with Crippen LogP contribution in [0.4, 0.5) is 5.69 Å². The molecule has 39 heavy (non-hydrogen) atoms. The number of aromatic nitrogens is 2. The van der Waals surface area contributed by atoms with Gasteiger partial charge in [-0.25, -0.2) is 0 Å². The molecule has 0 atom stereocenters. The smallest absolute Gasteiger partial charge is 0.272 e. The minimum atomic E-state index is -0.358. The zero-order valence-corrected chi connectivity index (χ0v) is 21.1. The van der Waals surface area contributed by atoms with E-state index < -0.39 is 0 Å². The zero-order valence-electron chi connectivity index (χ0n) is 21.1. The number of hydrogen-bond acceptors (Lipinski definition) is 5. The summed E-state index contributed by atoms with van der Waals surface area (Å²) in [5.74, 6) is -0.856. The molecular weight excluding hydrogens is 500 g/mol. The molecule has 0 saturated heterocycles. The van der Waals surface area contributed by atoms with Crippen molar-refractivity contribution in [2.75, 3.05) is 25.0 Å². The zero-order chi connectivity index (χ0) is 27.9. The molecule has 12 N–H and O–H groups in total. The molecule has 0 unspecified atom stereocenters. The van der Waals surface area contributed by atoms with Crippen molar-refractivity contribution >= 4 is 57.0 Å². The predicted octanol–water partition coefficient (Wildman–Crippen LogP) is 1.35. The van der Waals surface area contributed by atoms with E-state index in [-0.39, 0.29) is 42.6 Å². The van der Waals surface area contributed by atoms with E-state index in [2.05, 4.69) is 30.9 Å². The highest BCUT2D eigenvalue weighted by atomic mass is 16.2. The number of amidine groups is 1. The molecule has 3 amide bonds. The number of benzene rings is 2. The van der Waals surface area contributed by atoms with Crippen molar-refractivity contribution in [2.24, 2.45) is 22.2 Å². The SMILES string of the molecule is N=C(N)CCCNC(=O)c1cc2ccc(NC(=O)c3cc4cc(C(=O)NCCN=C(N)N)ccc4[nH]3)cc2[nH]1. The molecule has 4 rings (SSSR count). The average Bonchev–Trinajstić information content (AvgIpc) is 3.52. The Bertz CT molecular complexity index is 1580. The summed E-state index contributed by atoms with van der Waals surface area (Å²) in [6, 6.07) is 13.8. The highest BCUT2D eigenvalue weighted by Crippen LogP contribution is 2.22. The summed E-state index contributed by atoms with van der Waals surface area (Å²) in [4.78, 5) is 47.7. The molecule has 13 nitrogen and oxygen atoms in total. The van der Waals surface area contributed by atoms with Gasteiger partial charge < -0.3 is 43.1 Å². The second-order valence-electron chi connectivity index (χ2n) is 8.87. The largest absolute Gasteiger partial charge is 0.388 e. The van der Waals surface area contributed by atoms with Gasteiger partial charge >= 0.3 is 0 Å². The van der Waals surface area contributed by atoms with Crippen molar-refractivity contribution in [3.63, 3.8) is 0 Å². The van der Waals surface area contributed by atoms with Gasteiger partial charge in [0.25, 0.3) is 17.7 Å². The fraction of sp³-hybridized carbons (Fsp3) is 0.192. The van der Waals surface area contributed by atoms with Gasteiger partial charge in [-0.05, 0) is 48.9 Å². The highest BCUT2D eigenvalue weighted by molar-refractivity contribution is 6.08. The molecule has 13 heteroatoms. The van der Waals surface area contributed by atoms with Crippen LogP contribution < -0.4 is 33.2 Å². The van der Waals surface area contributed by atoms with Crippen molar-refractivity contribution in [3.05, 3.63) is 65.5 Å².